The van der Waals surface area contributed by atoms with Gasteiger partial charge in [0.05, 0.1) is 0 Å². The van der Waals surface area contributed by atoms with Crippen LogP contribution in [-0.4, -0.2) is 52.8 Å². The lowest BCUT2D eigenvalue weighted by molar-refractivity contribution is -0.134. The van der Waals surface area contributed by atoms with E-state index in [2.05, 4.69) is 35.2 Å². The van der Waals surface area contributed by atoms with Crippen LogP contribution in [-0.2, 0) is 9.59 Å². The van der Waals surface area contributed by atoms with Crippen molar-refractivity contribution in [2.24, 2.45) is 5.92 Å². The van der Waals surface area contributed by atoms with Crippen LogP contribution in [0.25, 0.3) is 0 Å². The Kier molecular flexibility index (Phi) is 8.39. The largest absolute Gasteiger partial charge is 0.490 e. The number of piperidine rings is 1. The third-order valence-electron chi connectivity index (χ3n) is 5.54. The fourth-order valence-electron chi connectivity index (χ4n) is 3.82. The fraction of sp³-hybridized carbons (Fsp3) is 0.360. The molecular weight excluding hydrogens is 413 g/mol. The first-order valence-electron chi connectivity index (χ1n) is 10.7. The first-order chi connectivity index (χ1) is 15.4. The second-order valence-corrected chi connectivity index (χ2v) is 8.13. The van der Waals surface area contributed by atoms with Gasteiger partial charge in [0.1, 0.15) is 17.7 Å². The molecule has 1 saturated carbocycles. The summed E-state index contributed by atoms with van der Waals surface area (Å²) in [6.45, 7) is 3.37. The zero-order valence-corrected chi connectivity index (χ0v) is 17.8. The van der Waals surface area contributed by atoms with Crippen molar-refractivity contribution in [1.29, 1.82) is 0 Å². The second-order valence-electron chi connectivity index (χ2n) is 8.13. The molecule has 1 saturated heterocycles. The van der Waals surface area contributed by atoms with Crippen LogP contribution in [0.1, 0.15) is 30.7 Å². The van der Waals surface area contributed by atoms with E-state index in [1.165, 1.54) is 37.1 Å². The fourth-order valence-corrected chi connectivity index (χ4v) is 3.82. The molecule has 6 nitrogen and oxygen atoms in total. The van der Waals surface area contributed by atoms with E-state index < -0.39 is 11.9 Å². The highest BCUT2D eigenvalue weighted by Gasteiger charge is 2.34. The summed E-state index contributed by atoms with van der Waals surface area (Å²) in [7, 11) is 0. The van der Waals surface area contributed by atoms with E-state index in [0.717, 1.165) is 31.2 Å². The van der Waals surface area contributed by atoms with E-state index in [1.54, 1.807) is 12.1 Å². The summed E-state index contributed by atoms with van der Waals surface area (Å²) in [6, 6.07) is 17.1. The van der Waals surface area contributed by atoms with Crippen LogP contribution in [0, 0.1) is 11.7 Å². The van der Waals surface area contributed by atoms with Gasteiger partial charge in [-0.2, -0.15) is 0 Å². The summed E-state index contributed by atoms with van der Waals surface area (Å²) in [6.07, 6.45) is 5.06. The zero-order valence-electron chi connectivity index (χ0n) is 17.8. The smallest absolute Gasteiger partial charge is 0.328 e. The van der Waals surface area contributed by atoms with Gasteiger partial charge in [-0.05, 0) is 55.0 Å². The van der Waals surface area contributed by atoms with Gasteiger partial charge in [-0.3, -0.25) is 0 Å². The standard InChI is InChI=1S/C21H24FNO.C4H4O4/c22-18-8-10-19(11-9-18)24-21-12-13-23(14-16-6-7-16)15-20(21)17-4-2-1-3-5-17;5-3(6)1-2-4(7)8/h1-5,8-11,16,20-21H,6-7,12-15H2;1-2H,(H,5,6)(H,7,8)/b;2-1+/t20-,21+;/m1./s1. The molecule has 0 radical (unpaired) electrons. The van der Waals surface area contributed by atoms with E-state index in [4.69, 9.17) is 14.9 Å². The lowest BCUT2D eigenvalue weighted by atomic mass is 9.87. The van der Waals surface area contributed by atoms with Gasteiger partial charge in [0, 0.05) is 37.7 Å². The number of carboxylic acids is 2. The number of likely N-dealkylation sites (tertiary alicyclic amines) is 1. The summed E-state index contributed by atoms with van der Waals surface area (Å²) in [4.78, 5) is 21.7. The van der Waals surface area contributed by atoms with Crippen LogP contribution >= 0.6 is 0 Å². The van der Waals surface area contributed by atoms with E-state index in [1.807, 2.05) is 0 Å². The summed E-state index contributed by atoms with van der Waals surface area (Å²) in [5, 5.41) is 15.6. The Bertz CT molecular complexity index is 896. The highest BCUT2D eigenvalue weighted by Crippen LogP contribution is 2.35. The average molecular weight is 441 g/mol. The van der Waals surface area contributed by atoms with Crippen LogP contribution in [0.2, 0.25) is 0 Å². The number of hydrogen-bond acceptors (Lipinski definition) is 4. The molecular formula is C25H28FNO5. The lowest BCUT2D eigenvalue weighted by Crippen LogP contribution is -2.44. The number of halogens is 1. The van der Waals surface area contributed by atoms with Crippen LogP contribution in [0.3, 0.4) is 0 Å². The molecule has 2 aromatic carbocycles. The Morgan fingerprint density at radius 3 is 2.16 bits per heavy atom. The number of benzene rings is 2. The van der Waals surface area contributed by atoms with Gasteiger partial charge in [0.15, 0.2) is 0 Å². The number of aliphatic carboxylic acids is 2. The number of carboxylic acid groups (broad SMARTS) is 2. The van der Waals surface area contributed by atoms with E-state index >= 15 is 0 Å². The minimum atomic E-state index is -1.26. The molecule has 0 unspecified atom stereocenters. The van der Waals surface area contributed by atoms with Crippen molar-refractivity contribution < 1.29 is 28.9 Å². The molecule has 2 N–H and O–H groups in total. The third kappa shape index (κ3) is 7.81. The van der Waals surface area contributed by atoms with Gasteiger partial charge < -0.3 is 19.8 Å². The summed E-state index contributed by atoms with van der Waals surface area (Å²) in [5.74, 6) is -0.696. The molecule has 32 heavy (non-hydrogen) atoms. The molecule has 2 aliphatic rings. The highest BCUT2D eigenvalue weighted by atomic mass is 19.1. The molecule has 0 aromatic heterocycles. The number of hydrogen-bond donors (Lipinski definition) is 2. The van der Waals surface area contributed by atoms with E-state index in [9.17, 15) is 14.0 Å². The van der Waals surface area contributed by atoms with Crippen molar-refractivity contribution >= 4 is 11.9 Å². The molecule has 0 spiro atoms. The molecule has 1 aliphatic carbocycles. The van der Waals surface area contributed by atoms with Gasteiger partial charge in [-0.25, -0.2) is 14.0 Å². The Morgan fingerprint density at radius 1 is 0.969 bits per heavy atom. The Hall–Kier alpha value is -3.19. The van der Waals surface area contributed by atoms with Crippen molar-refractivity contribution in [3.05, 3.63) is 78.1 Å². The van der Waals surface area contributed by atoms with Gasteiger partial charge in [-0.15, -0.1) is 0 Å². The van der Waals surface area contributed by atoms with Crippen molar-refractivity contribution in [3.63, 3.8) is 0 Å². The molecule has 2 atom stereocenters. The third-order valence-corrected chi connectivity index (χ3v) is 5.54. The maximum Gasteiger partial charge on any atom is 0.328 e. The number of carbonyl (C=O) groups is 2. The monoisotopic (exact) mass is 441 g/mol. The van der Waals surface area contributed by atoms with Gasteiger partial charge in [-0.1, -0.05) is 30.3 Å². The maximum absolute atomic E-state index is 13.1. The SMILES string of the molecule is Fc1ccc(O[C@H]2CCN(CC3CC3)C[C@@H]2c2ccccc2)cc1.O=C(O)/C=C/C(=O)O. The molecule has 2 aromatic rings. The molecule has 0 bridgehead atoms. The Labute approximate surface area is 186 Å². The van der Waals surface area contributed by atoms with Gasteiger partial charge in [0.2, 0.25) is 0 Å². The summed E-state index contributed by atoms with van der Waals surface area (Å²) in [5.41, 5.74) is 1.34. The first-order valence-corrected chi connectivity index (χ1v) is 10.7. The molecule has 170 valence electrons. The molecule has 1 heterocycles. The average Bonchev–Trinajstić information content (AvgIpc) is 3.60. The minimum absolute atomic E-state index is 0.147. The van der Waals surface area contributed by atoms with Crippen LogP contribution in [0.4, 0.5) is 4.39 Å². The van der Waals surface area contributed by atoms with Crippen LogP contribution in [0.5, 0.6) is 5.75 Å². The topological polar surface area (TPSA) is 87.1 Å². The molecule has 4 rings (SSSR count). The Morgan fingerprint density at radius 2 is 1.59 bits per heavy atom. The van der Waals surface area contributed by atoms with Crippen molar-refractivity contribution in [3.8, 4) is 5.75 Å². The number of ether oxygens (including phenoxy) is 1. The predicted octanol–water partition coefficient (Wildman–Crippen LogP) is 4.18. The molecule has 1 aliphatic heterocycles. The Balaban J connectivity index is 0.000000312. The van der Waals surface area contributed by atoms with Crippen LogP contribution < -0.4 is 4.74 Å². The maximum atomic E-state index is 13.1. The van der Waals surface area contributed by atoms with Crippen LogP contribution in [0.15, 0.2) is 66.7 Å². The molecule has 7 heteroatoms. The summed E-state index contributed by atoms with van der Waals surface area (Å²) >= 11 is 0. The molecule has 2 fully saturated rings. The second kappa shape index (κ2) is 11.4. The van der Waals surface area contributed by atoms with Gasteiger partial charge >= 0.3 is 11.9 Å². The minimum Gasteiger partial charge on any atom is -0.490 e. The predicted molar refractivity (Wildman–Crippen MR) is 118 cm³/mol. The normalized spacial score (nSPS) is 20.9. The zero-order chi connectivity index (χ0) is 22.9. The highest BCUT2D eigenvalue weighted by molar-refractivity contribution is 5.89. The number of rotatable bonds is 7. The quantitative estimate of drug-likeness (QED) is 0.627. The summed E-state index contributed by atoms with van der Waals surface area (Å²) < 4.78 is 19.4. The first kappa shape index (κ1) is 23.5. The van der Waals surface area contributed by atoms with Crippen molar-refractivity contribution in [2.45, 2.75) is 31.3 Å². The molecule has 0 amide bonds. The lowest BCUT2D eigenvalue weighted by Gasteiger charge is -2.39. The van der Waals surface area contributed by atoms with Gasteiger partial charge in [0.25, 0.3) is 0 Å². The van der Waals surface area contributed by atoms with Crippen molar-refractivity contribution in [2.75, 3.05) is 19.6 Å². The van der Waals surface area contributed by atoms with E-state index in [-0.39, 0.29) is 11.9 Å². The van der Waals surface area contributed by atoms with Crippen molar-refractivity contribution in [1.82, 2.24) is 4.90 Å². The number of nitrogens with zero attached hydrogens (tertiary/aromatic N) is 1. The van der Waals surface area contributed by atoms with E-state index in [0.29, 0.717) is 18.1 Å².